The molecular weight excluding hydrogens is 356 g/mol. The molecule has 0 aromatic carbocycles. The van der Waals surface area contributed by atoms with Crippen LogP contribution in [0.5, 0.6) is 0 Å². The number of hydrogen-bond acceptors (Lipinski definition) is 1. The quantitative estimate of drug-likeness (QED) is 0.387. The van der Waals surface area contributed by atoms with Gasteiger partial charge in [0.25, 0.3) is 0 Å². The van der Waals surface area contributed by atoms with Crippen molar-refractivity contribution in [2.45, 2.75) is 98.3 Å². The van der Waals surface area contributed by atoms with Crippen LogP contribution in [0.25, 0.3) is 0 Å². The molecule has 3 fully saturated rings. The van der Waals surface area contributed by atoms with Gasteiger partial charge in [-0.15, -0.1) is 0 Å². The molecule has 0 aliphatic heterocycles. The van der Waals surface area contributed by atoms with E-state index in [1.165, 1.54) is 57.8 Å². The zero-order valence-electron chi connectivity index (χ0n) is 19.2. The van der Waals surface area contributed by atoms with Crippen LogP contribution < -0.4 is 0 Å². The summed E-state index contributed by atoms with van der Waals surface area (Å²) in [6, 6.07) is 0. The van der Waals surface area contributed by atoms with Crippen LogP contribution in [0.3, 0.4) is 0 Å². The van der Waals surface area contributed by atoms with Gasteiger partial charge in [0.05, 0.1) is 0 Å². The van der Waals surface area contributed by atoms with Crippen LogP contribution >= 0.6 is 0 Å². The van der Waals surface area contributed by atoms with Crippen LogP contribution in [-0.4, -0.2) is 11.1 Å². The van der Waals surface area contributed by atoms with Crippen LogP contribution in [-0.2, 0) is 4.79 Å². The molecule has 1 N–H and O–H groups in total. The molecular formula is C27H42O2. The van der Waals surface area contributed by atoms with Crippen molar-refractivity contribution in [3.8, 4) is 0 Å². The van der Waals surface area contributed by atoms with E-state index in [2.05, 4.69) is 26.8 Å². The lowest BCUT2D eigenvalue weighted by atomic mass is 9.48. The number of carboxylic acid groups (broad SMARTS) is 1. The van der Waals surface area contributed by atoms with Gasteiger partial charge in [-0.2, -0.15) is 0 Å². The molecule has 4 rings (SSSR count). The van der Waals surface area contributed by atoms with Crippen molar-refractivity contribution in [3.63, 3.8) is 0 Å². The average molecular weight is 399 g/mol. The van der Waals surface area contributed by atoms with Crippen LogP contribution in [0.2, 0.25) is 0 Å². The SMILES string of the molecule is CC(=CCC[C@@H](C)[C@H]1CC[C@H]2C3=CC[C@@H]4CCCC[C@]4(C)[C@H]3CC[C@]12C)C(=O)O. The fraction of sp³-hybridized carbons (Fsp3) is 0.815. The van der Waals surface area contributed by atoms with Gasteiger partial charge in [0.1, 0.15) is 0 Å². The molecule has 0 aromatic heterocycles. The minimum absolute atomic E-state index is 0.463. The first-order valence-corrected chi connectivity index (χ1v) is 12.4. The largest absolute Gasteiger partial charge is 0.478 e. The van der Waals surface area contributed by atoms with Gasteiger partial charge in [0, 0.05) is 5.57 Å². The monoisotopic (exact) mass is 398 g/mol. The van der Waals surface area contributed by atoms with Gasteiger partial charge in [0.15, 0.2) is 0 Å². The zero-order valence-corrected chi connectivity index (χ0v) is 19.2. The summed E-state index contributed by atoms with van der Waals surface area (Å²) in [7, 11) is 0. The first-order chi connectivity index (χ1) is 13.8. The number of fused-ring (bicyclic) bond motifs is 5. The van der Waals surface area contributed by atoms with Crippen LogP contribution in [0.1, 0.15) is 98.3 Å². The maximum atomic E-state index is 11.1. The van der Waals surface area contributed by atoms with Crippen molar-refractivity contribution in [1.82, 2.24) is 0 Å². The van der Waals surface area contributed by atoms with Gasteiger partial charge in [-0.1, -0.05) is 51.3 Å². The summed E-state index contributed by atoms with van der Waals surface area (Å²) in [5, 5.41) is 9.09. The highest BCUT2D eigenvalue weighted by Crippen LogP contribution is 2.66. The second-order valence-corrected chi connectivity index (χ2v) is 11.5. The molecule has 0 aromatic rings. The Balaban J connectivity index is 1.48. The zero-order chi connectivity index (χ0) is 20.8. The van der Waals surface area contributed by atoms with E-state index < -0.39 is 5.97 Å². The van der Waals surface area contributed by atoms with Crippen LogP contribution in [0, 0.1) is 40.4 Å². The van der Waals surface area contributed by atoms with E-state index in [4.69, 9.17) is 5.11 Å². The Kier molecular flexibility index (Phi) is 5.77. The van der Waals surface area contributed by atoms with Gasteiger partial charge in [-0.25, -0.2) is 4.79 Å². The highest BCUT2D eigenvalue weighted by atomic mass is 16.4. The lowest BCUT2D eigenvalue weighted by molar-refractivity contribution is -0.132. The second kappa shape index (κ2) is 7.89. The molecule has 0 amide bonds. The summed E-state index contributed by atoms with van der Waals surface area (Å²) in [6.07, 6.45) is 19.4. The van der Waals surface area contributed by atoms with Crippen molar-refractivity contribution >= 4 is 5.97 Å². The van der Waals surface area contributed by atoms with E-state index in [-0.39, 0.29) is 0 Å². The maximum Gasteiger partial charge on any atom is 0.330 e. The smallest absolute Gasteiger partial charge is 0.330 e. The summed E-state index contributed by atoms with van der Waals surface area (Å²) >= 11 is 0. The van der Waals surface area contributed by atoms with Crippen molar-refractivity contribution in [3.05, 3.63) is 23.3 Å². The predicted octanol–water partition coefficient (Wildman–Crippen LogP) is 7.40. The predicted molar refractivity (Wildman–Crippen MR) is 120 cm³/mol. The maximum absolute atomic E-state index is 11.1. The van der Waals surface area contributed by atoms with Gasteiger partial charge in [0.2, 0.25) is 0 Å². The standard InChI is InChI=1S/C27H42O2/c1-18(8-7-9-19(2)25(28)29)22-13-14-23-21-12-11-20-10-5-6-16-26(20,3)24(21)15-17-27(22,23)4/h9,12,18,20,22-24H,5-8,10-11,13-17H2,1-4H3,(H,28,29)/t18-,20+,22-,23+,24+,26+,27-/m1/s1. The third-order valence-corrected chi connectivity index (χ3v) is 10.2. The lowest BCUT2D eigenvalue weighted by Gasteiger charge is -2.57. The third kappa shape index (κ3) is 3.53. The van der Waals surface area contributed by atoms with E-state index in [0.717, 1.165) is 36.5 Å². The first-order valence-electron chi connectivity index (χ1n) is 12.4. The Morgan fingerprint density at radius 2 is 1.90 bits per heavy atom. The van der Waals surface area contributed by atoms with Gasteiger partial charge < -0.3 is 5.11 Å². The number of aliphatic carboxylic acids is 1. The fourth-order valence-corrected chi connectivity index (χ4v) is 8.37. The highest BCUT2D eigenvalue weighted by molar-refractivity contribution is 5.85. The summed E-state index contributed by atoms with van der Waals surface area (Å²) in [4.78, 5) is 11.1. The minimum atomic E-state index is -0.775. The Hall–Kier alpha value is -1.05. The number of hydrogen-bond donors (Lipinski definition) is 1. The number of carbonyl (C=O) groups is 1. The van der Waals surface area contributed by atoms with Crippen LogP contribution in [0.4, 0.5) is 0 Å². The normalized spacial score (nSPS) is 43.0. The van der Waals surface area contributed by atoms with E-state index >= 15 is 0 Å². The van der Waals surface area contributed by atoms with E-state index in [1.807, 2.05) is 11.6 Å². The molecule has 0 radical (unpaired) electrons. The van der Waals surface area contributed by atoms with Crippen molar-refractivity contribution in [2.24, 2.45) is 40.4 Å². The summed E-state index contributed by atoms with van der Waals surface area (Å²) in [6.45, 7) is 9.40. The van der Waals surface area contributed by atoms with Crippen molar-refractivity contribution in [2.75, 3.05) is 0 Å². The van der Waals surface area contributed by atoms with Gasteiger partial charge >= 0.3 is 5.97 Å². The van der Waals surface area contributed by atoms with E-state index in [0.29, 0.717) is 22.3 Å². The summed E-state index contributed by atoms with van der Waals surface area (Å²) in [5.41, 5.74) is 3.41. The van der Waals surface area contributed by atoms with E-state index in [9.17, 15) is 4.79 Å². The van der Waals surface area contributed by atoms with Gasteiger partial charge in [-0.3, -0.25) is 0 Å². The van der Waals surface area contributed by atoms with E-state index in [1.54, 1.807) is 6.92 Å². The Bertz CT molecular complexity index is 703. The molecule has 0 unspecified atom stereocenters. The molecule has 3 saturated carbocycles. The summed E-state index contributed by atoms with van der Waals surface area (Å²) < 4.78 is 0. The molecule has 0 saturated heterocycles. The molecule has 0 heterocycles. The van der Waals surface area contributed by atoms with Crippen molar-refractivity contribution in [1.29, 1.82) is 0 Å². The fourth-order valence-electron chi connectivity index (χ4n) is 8.37. The molecule has 2 heteroatoms. The van der Waals surface area contributed by atoms with Gasteiger partial charge in [-0.05, 0) is 105 Å². The number of carboxylic acids is 1. The second-order valence-electron chi connectivity index (χ2n) is 11.5. The minimum Gasteiger partial charge on any atom is -0.478 e. The lowest BCUT2D eigenvalue weighted by Crippen LogP contribution is -2.48. The molecule has 0 spiro atoms. The Morgan fingerprint density at radius 3 is 2.66 bits per heavy atom. The molecule has 2 nitrogen and oxygen atoms in total. The molecule has 162 valence electrons. The third-order valence-electron chi connectivity index (χ3n) is 10.2. The molecule has 29 heavy (non-hydrogen) atoms. The molecule has 7 atom stereocenters. The summed E-state index contributed by atoms with van der Waals surface area (Å²) in [5.74, 6) is 3.31. The first kappa shape index (κ1) is 21.2. The Labute approximate surface area is 178 Å². The molecule has 4 aliphatic rings. The Morgan fingerprint density at radius 1 is 1.14 bits per heavy atom. The number of rotatable bonds is 5. The molecule has 4 aliphatic carbocycles. The average Bonchev–Trinajstić information content (AvgIpc) is 3.04. The molecule has 0 bridgehead atoms. The topological polar surface area (TPSA) is 37.3 Å². The highest BCUT2D eigenvalue weighted by Gasteiger charge is 2.57. The number of allylic oxidation sites excluding steroid dienone is 3. The van der Waals surface area contributed by atoms with Crippen LogP contribution in [0.15, 0.2) is 23.3 Å². The van der Waals surface area contributed by atoms with Crippen molar-refractivity contribution < 1.29 is 9.90 Å².